The van der Waals surface area contributed by atoms with Crippen molar-refractivity contribution in [3.05, 3.63) is 63.7 Å². The summed E-state index contributed by atoms with van der Waals surface area (Å²) in [5, 5.41) is 9.41. The number of hydrogen-bond acceptors (Lipinski definition) is 5. The fourth-order valence-corrected chi connectivity index (χ4v) is 3.29. The molecule has 0 radical (unpaired) electrons. The van der Waals surface area contributed by atoms with E-state index in [9.17, 15) is 0 Å². The Kier molecular flexibility index (Phi) is 5.09. The van der Waals surface area contributed by atoms with Crippen LogP contribution >= 0.6 is 23.2 Å². The zero-order valence-electron chi connectivity index (χ0n) is 14.7. The van der Waals surface area contributed by atoms with E-state index in [0.29, 0.717) is 46.6 Å². The van der Waals surface area contributed by atoms with Crippen LogP contribution in [-0.2, 0) is 6.54 Å². The summed E-state index contributed by atoms with van der Waals surface area (Å²) in [7, 11) is 0. The van der Waals surface area contributed by atoms with Crippen LogP contribution in [0.5, 0.6) is 6.01 Å². The van der Waals surface area contributed by atoms with Crippen LogP contribution in [0.25, 0.3) is 5.69 Å². The standard InChI is InChI=1S/C19H17Cl2N5O/c1-2-3-10-27-19-25-24-16-11-22-17(12-6-4-5-7-13(12)20)18-14(26(16)19)8-9-15(21)23-18/h4-9H,2-3,10-11H2,1H3. The number of rotatable bonds is 5. The van der Waals surface area contributed by atoms with E-state index in [-0.39, 0.29) is 0 Å². The third-order valence-electron chi connectivity index (χ3n) is 4.24. The van der Waals surface area contributed by atoms with Crippen molar-refractivity contribution in [2.24, 2.45) is 4.99 Å². The number of nitrogens with zero attached hydrogens (tertiary/aromatic N) is 5. The summed E-state index contributed by atoms with van der Waals surface area (Å²) in [6.07, 6.45) is 1.98. The monoisotopic (exact) mass is 401 g/mol. The van der Waals surface area contributed by atoms with Gasteiger partial charge < -0.3 is 4.74 Å². The molecule has 1 aromatic carbocycles. The number of aromatic nitrogens is 4. The predicted octanol–water partition coefficient (Wildman–Crippen LogP) is 4.50. The molecule has 27 heavy (non-hydrogen) atoms. The van der Waals surface area contributed by atoms with Crippen LogP contribution in [0.3, 0.4) is 0 Å². The predicted molar refractivity (Wildman–Crippen MR) is 105 cm³/mol. The second-order valence-electron chi connectivity index (χ2n) is 6.08. The molecular formula is C19H17Cl2N5O. The van der Waals surface area contributed by atoms with Crippen molar-refractivity contribution in [1.82, 2.24) is 19.7 Å². The Hall–Kier alpha value is -2.44. The van der Waals surface area contributed by atoms with Crippen molar-refractivity contribution in [2.45, 2.75) is 26.3 Å². The third-order valence-corrected chi connectivity index (χ3v) is 4.78. The highest BCUT2D eigenvalue weighted by molar-refractivity contribution is 6.35. The maximum absolute atomic E-state index is 6.42. The minimum atomic E-state index is 0.332. The van der Waals surface area contributed by atoms with Crippen LogP contribution in [0.2, 0.25) is 10.2 Å². The first-order valence-electron chi connectivity index (χ1n) is 8.72. The van der Waals surface area contributed by atoms with Gasteiger partial charge in [0.1, 0.15) is 17.4 Å². The van der Waals surface area contributed by atoms with Crippen molar-refractivity contribution in [3.63, 3.8) is 0 Å². The average Bonchev–Trinajstić information content (AvgIpc) is 2.99. The number of fused-ring (bicyclic) bond motifs is 3. The van der Waals surface area contributed by atoms with Gasteiger partial charge in [-0.05, 0) is 24.6 Å². The highest BCUT2D eigenvalue weighted by Crippen LogP contribution is 2.30. The molecule has 0 fully saturated rings. The van der Waals surface area contributed by atoms with Gasteiger partial charge in [-0.1, -0.05) is 59.8 Å². The van der Waals surface area contributed by atoms with Crippen LogP contribution < -0.4 is 4.74 Å². The van der Waals surface area contributed by atoms with Gasteiger partial charge in [-0.25, -0.2) is 9.55 Å². The van der Waals surface area contributed by atoms with Gasteiger partial charge in [0.25, 0.3) is 0 Å². The van der Waals surface area contributed by atoms with E-state index in [0.717, 1.165) is 24.1 Å². The minimum absolute atomic E-state index is 0.332. The molecule has 6 nitrogen and oxygen atoms in total. The third kappa shape index (κ3) is 3.42. The largest absolute Gasteiger partial charge is 0.463 e. The highest BCUT2D eigenvalue weighted by atomic mass is 35.5. The molecule has 0 spiro atoms. The quantitative estimate of drug-likeness (QED) is 0.466. The van der Waals surface area contributed by atoms with Gasteiger partial charge in [0.15, 0.2) is 5.82 Å². The Bertz CT molecular complexity index is 1020. The molecule has 2 aromatic heterocycles. The molecule has 0 unspecified atom stereocenters. The minimum Gasteiger partial charge on any atom is -0.463 e. The van der Waals surface area contributed by atoms with Gasteiger partial charge in [-0.3, -0.25) is 4.99 Å². The van der Waals surface area contributed by atoms with E-state index >= 15 is 0 Å². The zero-order chi connectivity index (χ0) is 18.8. The number of hydrogen-bond donors (Lipinski definition) is 0. The van der Waals surface area contributed by atoms with Crippen molar-refractivity contribution in [2.75, 3.05) is 6.61 Å². The lowest BCUT2D eigenvalue weighted by atomic mass is 10.1. The van der Waals surface area contributed by atoms with E-state index in [1.807, 2.05) is 34.9 Å². The van der Waals surface area contributed by atoms with E-state index in [1.165, 1.54) is 0 Å². The Morgan fingerprint density at radius 3 is 2.78 bits per heavy atom. The molecule has 8 heteroatoms. The Morgan fingerprint density at radius 1 is 1.11 bits per heavy atom. The molecule has 0 N–H and O–H groups in total. The highest BCUT2D eigenvalue weighted by Gasteiger charge is 2.26. The molecule has 3 heterocycles. The topological polar surface area (TPSA) is 65.2 Å². The zero-order valence-corrected chi connectivity index (χ0v) is 16.2. The van der Waals surface area contributed by atoms with Crippen LogP contribution in [0.15, 0.2) is 41.4 Å². The van der Waals surface area contributed by atoms with Gasteiger partial charge >= 0.3 is 6.01 Å². The molecule has 1 aliphatic rings. The fourth-order valence-electron chi connectivity index (χ4n) is 2.92. The van der Waals surface area contributed by atoms with Gasteiger partial charge in [0.2, 0.25) is 0 Å². The molecule has 0 saturated heterocycles. The van der Waals surface area contributed by atoms with Crippen LogP contribution in [0, 0.1) is 0 Å². The normalized spacial score (nSPS) is 12.8. The molecule has 0 amide bonds. The Morgan fingerprint density at radius 2 is 1.96 bits per heavy atom. The summed E-state index contributed by atoms with van der Waals surface area (Å²) in [5.74, 6) is 0.675. The molecule has 3 aromatic rings. The van der Waals surface area contributed by atoms with Crippen molar-refractivity contribution in [1.29, 1.82) is 0 Å². The van der Waals surface area contributed by atoms with Crippen molar-refractivity contribution in [3.8, 4) is 11.7 Å². The molecule has 0 aliphatic carbocycles. The van der Waals surface area contributed by atoms with E-state index in [1.54, 1.807) is 6.07 Å². The van der Waals surface area contributed by atoms with E-state index < -0.39 is 0 Å². The summed E-state index contributed by atoms with van der Waals surface area (Å²) in [4.78, 5) is 9.25. The number of aliphatic imine (C=N–C) groups is 1. The molecular weight excluding hydrogens is 385 g/mol. The number of benzene rings is 1. The van der Waals surface area contributed by atoms with E-state index in [2.05, 4.69) is 22.1 Å². The second-order valence-corrected chi connectivity index (χ2v) is 6.88. The molecule has 0 bridgehead atoms. The Labute approximate surface area is 166 Å². The molecule has 4 rings (SSSR count). The maximum Gasteiger partial charge on any atom is 0.321 e. The first-order chi connectivity index (χ1) is 13.2. The number of halogens is 2. The lowest BCUT2D eigenvalue weighted by Gasteiger charge is -2.13. The van der Waals surface area contributed by atoms with Crippen molar-refractivity contribution < 1.29 is 4.74 Å². The number of unbranched alkanes of at least 4 members (excludes halogenated alkanes) is 1. The summed E-state index contributed by atoms with van der Waals surface area (Å²) in [6, 6.07) is 11.6. The van der Waals surface area contributed by atoms with Gasteiger partial charge in [0, 0.05) is 5.56 Å². The summed E-state index contributed by atoms with van der Waals surface area (Å²) in [6.45, 7) is 3.01. The lowest BCUT2D eigenvalue weighted by molar-refractivity contribution is 0.279. The Balaban J connectivity index is 1.86. The van der Waals surface area contributed by atoms with E-state index in [4.69, 9.17) is 32.9 Å². The smallest absolute Gasteiger partial charge is 0.321 e. The first-order valence-corrected chi connectivity index (χ1v) is 9.48. The van der Waals surface area contributed by atoms with Crippen molar-refractivity contribution >= 4 is 28.9 Å². The average molecular weight is 402 g/mol. The summed E-state index contributed by atoms with van der Waals surface area (Å²) in [5.41, 5.74) is 2.85. The van der Waals surface area contributed by atoms with Gasteiger partial charge in [0.05, 0.1) is 23.0 Å². The van der Waals surface area contributed by atoms with Crippen LogP contribution in [0.1, 0.15) is 36.8 Å². The molecule has 0 atom stereocenters. The fraction of sp³-hybridized carbons (Fsp3) is 0.263. The first kappa shape index (κ1) is 17.9. The maximum atomic E-state index is 6.42. The summed E-state index contributed by atoms with van der Waals surface area (Å²) < 4.78 is 7.69. The second kappa shape index (κ2) is 7.66. The number of ether oxygens (including phenoxy) is 1. The molecule has 1 aliphatic heterocycles. The SMILES string of the molecule is CCCCOc1nnc2n1-c1ccc(Cl)nc1C(c1ccccc1Cl)=NC2. The van der Waals surface area contributed by atoms with Gasteiger partial charge in [-0.2, -0.15) is 0 Å². The molecule has 138 valence electrons. The number of pyridine rings is 1. The van der Waals surface area contributed by atoms with Gasteiger partial charge in [-0.15, -0.1) is 5.10 Å². The van der Waals surface area contributed by atoms with Crippen LogP contribution in [-0.4, -0.2) is 32.1 Å². The summed E-state index contributed by atoms with van der Waals surface area (Å²) >= 11 is 12.6. The van der Waals surface area contributed by atoms with Crippen LogP contribution in [0.4, 0.5) is 0 Å². The molecule has 0 saturated carbocycles. The lowest BCUT2D eigenvalue weighted by Crippen LogP contribution is -2.12.